The maximum Gasteiger partial charge on any atom is 0.250 e. The second-order valence-electron chi connectivity index (χ2n) is 29.5. The second-order valence-corrected chi connectivity index (χ2v) is 31.7. The maximum absolute atomic E-state index is 14.8. The van der Waals surface area contributed by atoms with Gasteiger partial charge < -0.3 is 100.0 Å². The Hall–Kier alpha value is -10.2. The van der Waals surface area contributed by atoms with Gasteiger partial charge in [-0.25, -0.2) is 53.6 Å². The predicted octanol–water partition coefficient (Wildman–Crippen LogP) is 12.8. The summed E-state index contributed by atoms with van der Waals surface area (Å²) < 4.78 is 95.9. The Morgan fingerprint density at radius 3 is 1.24 bits per heavy atom. The van der Waals surface area contributed by atoms with Gasteiger partial charge in [0.25, 0.3) is 0 Å². The number of rotatable bonds is 32. The lowest BCUT2D eigenvalue weighted by Gasteiger charge is -2.31. The van der Waals surface area contributed by atoms with Crippen LogP contribution in [0.1, 0.15) is 44.9 Å². The number of hydrogen-bond donors (Lipinski definition) is 9. The van der Waals surface area contributed by atoms with Crippen molar-refractivity contribution in [3.63, 3.8) is 0 Å². The quantitative estimate of drug-likeness (QED) is 0.0177. The van der Waals surface area contributed by atoms with Crippen molar-refractivity contribution >= 4 is 155 Å². The molecule has 32 nitrogen and oxygen atoms in total. The van der Waals surface area contributed by atoms with Crippen LogP contribution in [0.2, 0.25) is 30.1 Å². The van der Waals surface area contributed by atoms with Gasteiger partial charge in [-0.05, 0) is 68.5 Å². The minimum Gasteiger partial charge on any atom is -0.495 e. The molecule has 5 unspecified atom stereocenters. The average molecular weight is 1780 g/mol. The van der Waals surface area contributed by atoms with Gasteiger partial charge in [0.05, 0.1) is 205 Å². The fourth-order valence-corrected chi connectivity index (χ4v) is 17.2. The number of nitrogens with one attached hydrogen (secondary N) is 9. The zero-order chi connectivity index (χ0) is 84.9. The van der Waals surface area contributed by atoms with Crippen molar-refractivity contribution in [3.8, 4) is 68.7 Å². The molecule has 1 aliphatic carbocycles. The Morgan fingerprint density at radius 1 is 0.463 bits per heavy atom. The summed E-state index contributed by atoms with van der Waals surface area (Å²) in [5.74, 6) is -0.175. The highest BCUT2D eigenvalue weighted by molar-refractivity contribution is 6.42. The summed E-state index contributed by atoms with van der Waals surface area (Å²) in [6.07, 6.45) is 8.37. The number of pyridine rings is 3. The van der Waals surface area contributed by atoms with Gasteiger partial charge in [-0.2, -0.15) is 0 Å². The van der Waals surface area contributed by atoms with E-state index in [2.05, 4.69) is 77.6 Å². The predicted molar refractivity (Wildman–Crippen MR) is 456 cm³/mol. The largest absolute Gasteiger partial charge is 0.495 e. The van der Waals surface area contributed by atoms with Crippen molar-refractivity contribution < 1.29 is 75.3 Å². The van der Waals surface area contributed by atoms with Gasteiger partial charge >= 0.3 is 0 Å². The van der Waals surface area contributed by atoms with Crippen molar-refractivity contribution in [1.82, 2.24) is 60.8 Å². The first kappa shape index (κ1) is 85.7. The van der Waals surface area contributed by atoms with E-state index in [1.807, 2.05) is 0 Å². The third kappa shape index (κ3) is 19.2. The molecule has 6 aromatic heterocycles. The van der Waals surface area contributed by atoms with Crippen LogP contribution < -0.4 is 76.3 Å². The molecule has 3 aromatic carbocycles. The van der Waals surface area contributed by atoms with Gasteiger partial charge in [0, 0.05) is 72.4 Å². The molecule has 5 saturated heterocycles. The van der Waals surface area contributed by atoms with Gasteiger partial charge in [0.2, 0.25) is 23.6 Å². The molecule has 40 heteroatoms. The third-order valence-electron chi connectivity index (χ3n) is 21.5. The van der Waals surface area contributed by atoms with Crippen LogP contribution in [0, 0.1) is 0 Å². The monoisotopic (exact) mass is 1780 g/mol. The molecule has 6 fully saturated rings. The van der Waals surface area contributed by atoms with Crippen LogP contribution >= 0.6 is 69.6 Å². The number of carbonyl (C=O) groups is 3. The molecule has 6 aliphatic rings. The lowest BCUT2D eigenvalue weighted by molar-refractivity contribution is -0.118. The molecule has 0 radical (unpaired) electrons. The van der Waals surface area contributed by atoms with E-state index in [-0.39, 0.29) is 231 Å². The van der Waals surface area contributed by atoms with E-state index in [1.54, 1.807) is 48.8 Å². The SMILES string of the molecule is C=CC(=O)N[C@H]1COC[C@H]1Nc1cc2c(NCC3CCC(COc4cc(OC)c(Cl)c(-c5nc(NC6CCOC(COc7cc(OC)c(Cl)c(-c8nc(NC9CCC(F)(F)C9)c9cc(N[C@@H]%10COC[C@@H]%10NC(=O)C=C)ncc9n8)c7Cl)C6)c6cc(N[C@@H]7COC[C@@H]7NC(=O)C=C)ncc6n5)c4Cl)O3)nc(-c3c(Cl)c(OC)cc(OC)c3Cl)nc2cn1. The molecular weight excluding hydrogens is 1700 g/mol. The second kappa shape index (κ2) is 37.6. The molecule has 9 N–H and O–H groups in total. The first-order valence-electron chi connectivity index (χ1n) is 38.7. The number of nitrogens with zero attached hydrogens (tertiary/aromatic N) is 9. The molecular formula is C81H84Cl6F2N18O14. The number of amides is 3. The van der Waals surface area contributed by atoms with Crippen molar-refractivity contribution in [1.29, 1.82) is 0 Å². The molecule has 5 aliphatic heterocycles. The molecule has 0 spiro atoms. The van der Waals surface area contributed by atoms with Crippen LogP contribution in [-0.2, 0) is 38.1 Å². The Kier molecular flexibility index (Phi) is 26.7. The van der Waals surface area contributed by atoms with E-state index < -0.39 is 42.7 Å². The Bertz CT molecular complexity index is 5460. The number of benzene rings is 3. The Labute approximate surface area is 722 Å². The van der Waals surface area contributed by atoms with Crippen LogP contribution in [-0.4, -0.2) is 230 Å². The molecule has 15 rings (SSSR count). The number of fused-ring (bicyclic) bond motifs is 3. The number of carbonyl (C=O) groups excluding carboxylic acids is 3. The molecule has 121 heavy (non-hydrogen) atoms. The highest BCUT2D eigenvalue weighted by Crippen LogP contribution is 2.50. The number of anilines is 6. The summed E-state index contributed by atoms with van der Waals surface area (Å²) in [4.78, 5) is 81.2. The molecule has 0 bridgehead atoms. The van der Waals surface area contributed by atoms with Crippen LogP contribution in [0.5, 0.6) is 34.5 Å². The lowest BCUT2D eigenvalue weighted by Crippen LogP contribution is -2.45. The molecule has 11 atom stereocenters. The third-order valence-corrected chi connectivity index (χ3v) is 23.7. The van der Waals surface area contributed by atoms with Crippen molar-refractivity contribution in [2.75, 3.05) is 126 Å². The normalized spacial score (nSPS) is 22.4. The number of ether oxygens (including phenoxy) is 11. The van der Waals surface area contributed by atoms with Crippen LogP contribution in [0.25, 0.3) is 66.9 Å². The number of aromatic nitrogens is 9. The number of alkyl halides is 2. The molecule has 638 valence electrons. The highest BCUT2D eigenvalue weighted by Gasteiger charge is 2.41. The number of hydrogen-bond acceptors (Lipinski definition) is 29. The number of methoxy groups -OCH3 is 4. The molecule has 11 heterocycles. The van der Waals surface area contributed by atoms with E-state index >= 15 is 0 Å². The fourth-order valence-electron chi connectivity index (χ4n) is 15.2. The summed E-state index contributed by atoms with van der Waals surface area (Å²) in [6.45, 7) is 12.9. The molecule has 9 aromatic rings. The van der Waals surface area contributed by atoms with E-state index in [0.29, 0.717) is 94.1 Å². The van der Waals surface area contributed by atoms with Crippen LogP contribution in [0.15, 0.2) is 93.0 Å². The van der Waals surface area contributed by atoms with Crippen molar-refractivity contribution in [2.24, 2.45) is 0 Å². The summed E-state index contributed by atoms with van der Waals surface area (Å²) in [6, 6.07) is 6.73. The summed E-state index contributed by atoms with van der Waals surface area (Å²) in [7, 11) is 5.83. The fraction of sp³-hybridized carbons (Fsp3) is 0.407. The van der Waals surface area contributed by atoms with Crippen molar-refractivity contribution in [2.45, 2.75) is 118 Å². The zero-order valence-electron chi connectivity index (χ0n) is 65.7. The summed E-state index contributed by atoms with van der Waals surface area (Å²) in [5.41, 5.74) is 1.73. The first-order valence-corrected chi connectivity index (χ1v) is 41.0. The van der Waals surface area contributed by atoms with Gasteiger partial charge in [-0.1, -0.05) is 89.3 Å². The summed E-state index contributed by atoms with van der Waals surface area (Å²) in [5, 5.41) is 31.4. The lowest BCUT2D eigenvalue weighted by atomic mass is 10.0. The van der Waals surface area contributed by atoms with E-state index in [0.717, 1.165) is 0 Å². The molecule has 1 saturated carbocycles. The Balaban J connectivity index is 0.678. The minimum atomic E-state index is -2.89. The van der Waals surface area contributed by atoms with Crippen LogP contribution in [0.4, 0.5) is 43.7 Å². The minimum absolute atomic E-state index is 0.0145. The van der Waals surface area contributed by atoms with E-state index in [1.165, 1.54) is 52.9 Å². The standard InChI is InChI=1S/C81H84Cl6F2N18O14/c1-8-63(108)99-51-34-115-31-48(51)96-60-18-42-45(26-90-60)102-78(66-69(82)54(111-4)21-55(112-5)70(66)83)105-75(42)93-25-39-11-12-40(121-39)29-119-58-22-56(113-6)71(84)67(73(58)86)79-103-46-27-91-61(97-49-32-116-35-52(49)100-64(109)9-2)19-43(46)76(106-79)94-37-14-16-118-41(17-37)30-120-59-23-57(114-7)72(85)68(74(59)87)80-104-47-28-92-62(98-50-33-117-36-53(50)101-65(110)10-3)20-44(47)77(107-80)95-38-13-15-81(88,89)24-38/h8-10,18-23,26-28,37-41,48-53H,1-3,11-17,24-25,29-36H2,4-7H3,(H,90,96)(H,91,97)(H,92,98)(H,99,108)(H,100,109)(H,101,110)(H,93,102,105)(H,94,103,106)(H,95,104,107)/t37?,38?,39?,40?,41?,48-,49-,50-,51+,52+,53+/m1/s1. The smallest absolute Gasteiger partial charge is 0.250 e. The average Bonchev–Trinajstić information content (AvgIpc) is 1.03. The van der Waals surface area contributed by atoms with E-state index in [4.69, 9.17) is 157 Å². The highest BCUT2D eigenvalue weighted by atomic mass is 35.5. The first-order chi connectivity index (χ1) is 58.5. The number of halogens is 8. The Morgan fingerprint density at radius 2 is 0.835 bits per heavy atom. The molecule has 3 amide bonds. The maximum atomic E-state index is 14.8. The topological polar surface area (TPSA) is 377 Å². The van der Waals surface area contributed by atoms with Crippen LogP contribution in [0.3, 0.4) is 0 Å². The van der Waals surface area contributed by atoms with E-state index in [9.17, 15) is 23.2 Å². The van der Waals surface area contributed by atoms with Gasteiger partial charge in [-0.3, -0.25) is 14.4 Å². The van der Waals surface area contributed by atoms with Gasteiger partial charge in [0.15, 0.2) is 17.5 Å². The van der Waals surface area contributed by atoms with Crippen molar-refractivity contribution in [3.05, 3.63) is 123 Å². The summed E-state index contributed by atoms with van der Waals surface area (Å²) >= 11 is 43.2. The van der Waals surface area contributed by atoms with Gasteiger partial charge in [-0.15, -0.1) is 0 Å². The zero-order valence-corrected chi connectivity index (χ0v) is 70.2. The van der Waals surface area contributed by atoms with Gasteiger partial charge in [0.1, 0.15) is 82.6 Å².